The van der Waals surface area contributed by atoms with Crippen LogP contribution in [0.3, 0.4) is 0 Å². The standard InChI is InChI=1S/C17H19N3O4/c1-22-14-8-11(9-15(23-2)16(14)24-3)10-19-20-13-6-4-12(5-7-13)17(18)21/h4-10,20H,1-3H3,(H2,18,21). The number of nitrogens with one attached hydrogen (secondary N) is 1. The minimum Gasteiger partial charge on any atom is -0.493 e. The highest BCUT2D eigenvalue weighted by molar-refractivity contribution is 5.93. The summed E-state index contributed by atoms with van der Waals surface area (Å²) in [7, 11) is 4.65. The first-order valence-electron chi connectivity index (χ1n) is 7.08. The molecule has 0 aromatic heterocycles. The van der Waals surface area contributed by atoms with E-state index in [9.17, 15) is 4.79 Å². The molecule has 2 aromatic carbocycles. The van der Waals surface area contributed by atoms with Gasteiger partial charge in [-0.25, -0.2) is 0 Å². The van der Waals surface area contributed by atoms with Gasteiger partial charge in [0.25, 0.3) is 0 Å². The monoisotopic (exact) mass is 329 g/mol. The Morgan fingerprint density at radius 1 is 1.04 bits per heavy atom. The summed E-state index contributed by atoms with van der Waals surface area (Å²) in [6.45, 7) is 0. The van der Waals surface area contributed by atoms with E-state index >= 15 is 0 Å². The Balaban J connectivity index is 2.15. The van der Waals surface area contributed by atoms with Crippen molar-refractivity contribution in [2.45, 2.75) is 0 Å². The molecule has 0 atom stereocenters. The van der Waals surface area contributed by atoms with E-state index in [0.29, 0.717) is 22.8 Å². The van der Waals surface area contributed by atoms with E-state index in [1.165, 1.54) is 0 Å². The Morgan fingerprint density at radius 2 is 1.62 bits per heavy atom. The maximum absolute atomic E-state index is 11.0. The Bertz CT molecular complexity index is 717. The maximum Gasteiger partial charge on any atom is 0.248 e. The van der Waals surface area contributed by atoms with Crippen molar-refractivity contribution in [3.63, 3.8) is 0 Å². The zero-order valence-corrected chi connectivity index (χ0v) is 13.7. The first-order chi connectivity index (χ1) is 11.6. The molecule has 2 aromatic rings. The number of benzene rings is 2. The van der Waals surface area contributed by atoms with E-state index in [1.54, 1.807) is 63.9 Å². The van der Waals surface area contributed by atoms with E-state index in [2.05, 4.69) is 10.5 Å². The smallest absolute Gasteiger partial charge is 0.248 e. The third-order valence-electron chi connectivity index (χ3n) is 3.26. The summed E-state index contributed by atoms with van der Waals surface area (Å²) in [5.74, 6) is 1.14. The van der Waals surface area contributed by atoms with E-state index in [0.717, 1.165) is 11.3 Å². The van der Waals surface area contributed by atoms with Crippen molar-refractivity contribution in [2.24, 2.45) is 10.8 Å². The van der Waals surface area contributed by atoms with Gasteiger partial charge in [0.05, 0.1) is 33.2 Å². The molecular weight excluding hydrogens is 310 g/mol. The van der Waals surface area contributed by atoms with Gasteiger partial charge in [0.15, 0.2) is 11.5 Å². The van der Waals surface area contributed by atoms with Crippen molar-refractivity contribution < 1.29 is 19.0 Å². The number of nitrogens with two attached hydrogens (primary N) is 1. The van der Waals surface area contributed by atoms with Gasteiger partial charge >= 0.3 is 0 Å². The molecule has 0 radical (unpaired) electrons. The zero-order valence-electron chi connectivity index (χ0n) is 13.7. The molecule has 7 heteroatoms. The van der Waals surface area contributed by atoms with Crippen LogP contribution in [0.25, 0.3) is 0 Å². The largest absolute Gasteiger partial charge is 0.493 e. The van der Waals surface area contributed by atoms with Crippen LogP contribution < -0.4 is 25.4 Å². The Labute approximate surface area is 140 Å². The normalized spacial score (nSPS) is 10.5. The van der Waals surface area contributed by atoms with Crippen molar-refractivity contribution in [3.8, 4) is 17.2 Å². The summed E-state index contributed by atoms with van der Waals surface area (Å²) >= 11 is 0. The lowest BCUT2D eigenvalue weighted by Gasteiger charge is -2.12. The average Bonchev–Trinajstić information content (AvgIpc) is 2.61. The van der Waals surface area contributed by atoms with Gasteiger partial charge in [0, 0.05) is 11.1 Å². The van der Waals surface area contributed by atoms with Crippen molar-refractivity contribution >= 4 is 17.8 Å². The van der Waals surface area contributed by atoms with Gasteiger partial charge in [-0.05, 0) is 36.4 Å². The number of hydrogen-bond donors (Lipinski definition) is 2. The number of hydrogen-bond acceptors (Lipinski definition) is 6. The summed E-state index contributed by atoms with van der Waals surface area (Å²) in [6.07, 6.45) is 1.62. The molecule has 0 saturated heterocycles. The highest BCUT2D eigenvalue weighted by Gasteiger charge is 2.12. The molecule has 3 N–H and O–H groups in total. The molecule has 7 nitrogen and oxygen atoms in total. The third kappa shape index (κ3) is 3.95. The van der Waals surface area contributed by atoms with E-state index in [-0.39, 0.29) is 0 Å². The second kappa shape index (κ2) is 7.87. The van der Waals surface area contributed by atoms with Crippen LogP contribution in [0.5, 0.6) is 17.2 Å². The fourth-order valence-electron chi connectivity index (χ4n) is 2.07. The van der Waals surface area contributed by atoms with Crippen LogP contribution in [0.2, 0.25) is 0 Å². The van der Waals surface area contributed by atoms with E-state index < -0.39 is 5.91 Å². The van der Waals surface area contributed by atoms with Gasteiger partial charge in [0.2, 0.25) is 11.7 Å². The highest BCUT2D eigenvalue weighted by Crippen LogP contribution is 2.37. The predicted molar refractivity (Wildman–Crippen MR) is 92.3 cm³/mol. The van der Waals surface area contributed by atoms with Crippen LogP contribution in [0.4, 0.5) is 5.69 Å². The van der Waals surface area contributed by atoms with Crippen molar-refractivity contribution in [1.82, 2.24) is 0 Å². The Hall–Kier alpha value is -3.22. The summed E-state index contributed by atoms with van der Waals surface area (Å²) in [5, 5.41) is 4.15. The first-order valence-corrected chi connectivity index (χ1v) is 7.08. The number of primary amides is 1. The minimum atomic E-state index is -0.470. The Kier molecular flexibility index (Phi) is 5.62. The maximum atomic E-state index is 11.0. The van der Waals surface area contributed by atoms with E-state index in [4.69, 9.17) is 19.9 Å². The fraction of sp³-hybridized carbons (Fsp3) is 0.176. The number of rotatable bonds is 7. The van der Waals surface area contributed by atoms with Gasteiger partial charge in [-0.15, -0.1) is 0 Å². The van der Waals surface area contributed by atoms with Crippen LogP contribution in [-0.2, 0) is 0 Å². The van der Waals surface area contributed by atoms with Crippen LogP contribution in [-0.4, -0.2) is 33.5 Å². The zero-order chi connectivity index (χ0) is 17.5. The second-order valence-electron chi connectivity index (χ2n) is 4.77. The first kappa shape index (κ1) is 17.1. The summed E-state index contributed by atoms with van der Waals surface area (Å²) in [6, 6.07) is 10.2. The molecule has 0 aliphatic heterocycles. The van der Waals surface area contributed by atoms with Crippen molar-refractivity contribution in [3.05, 3.63) is 47.5 Å². The molecule has 0 saturated carbocycles. The summed E-state index contributed by atoms with van der Waals surface area (Å²) in [5.41, 5.74) is 10.00. The topological polar surface area (TPSA) is 95.2 Å². The molecule has 0 heterocycles. The van der Waals surface area contributed by atoms with Gasteiger partial charge in [-0.3, -0.25) is 10.2 Å². The molecule has 0 unspecified atom stereocenters. The SMILES string of the molecule is COc1cc(C=NNc2ccc(C(N)=O)cc2)cc(OC)c1OC. The summed E-state index contributed by atoms with van der Waals surface area (Å²) < 4.78 is 15.8. The number of ether oxygens (including phenoxy) is 3. The molecule has 1 amide bonds. The lowest BCUT2D eigenvalue weighted by atomic mass is 10.2. The van der Waals surface area contributed by atoms with Gasteiger partial charge in [0.1, 0.15) is 0 Å². The molecule has 0 spiro atoms. The summed E-state index contributed by atoms with van der Waals surface area (Å²) in [4.78, 5) is 11.0. The number of amides is 1. The predicted octanol–water partition coefficient (Wildman–Crippen LogP) is 2.26. The molecule has 126 valence electrons. The fourth-order valence-corrected chi connectivity index (χ4v) is 2.07. The molecule has 2 rings (SSSR count). The third-order valence-corrected chi connectivity index (χ3v) is 3.26. The number of carbonyl (C=O) groups excluding carboxylic acids is 1. The molecule has 0 bridgehead atoms. The van der Waals surface area contributed by atoms with Crippen LogP contribution in [0.1, 0.15) is 15.9 Å². The lowest BCUT2D eigenvalue weighted by molar-refractivity contribution is 0.100. The Morgan fingerprint density at radius 3 is 2.08 bits per heavy atom. The highest BCUT2D eigenvalue weighted by atomic mass is 16.5. The molecule has 0 fully saturated rings. The van der Waals surface area contributed by atoms with E-state index in [1.807, 2.05) is 0 Å². The molecule has 24 heavy (non-hydrogen) atoms. The number of carbonyl (C=O) groups is 1. The number of methoxy groups -OCH3 is 3. The number of hydrazone groups is 1. The minimum absolute atomic E-state index is 0.439. The molecule has 0 aliphatic rings. The molecule has 0 aliphatic carbocycles. The molecular formula is C17H19N3O4. The van der Waals surface area contributed by atoms with Crippen LogP contribution in [0.15, 0.2) is 41.5 Å². The van der Waals surface area contributed by atoms with Crippen molar-refractivity contribution in [2.75, 3.05) is 26.8 Å². The second-order valence-corrected chi connectivity index (χ2v) is 4.77. The van der Waals surface area contributed by atoms with Gasteiger partial charge < -0.3 is 19.9 Å². The van der Waals surface area contributed by atoms with Crippen molar-refractivity contribution in [1.29, 1.82) is 0 Å². The van der Waals surface area contributed by atoms with Gasteiger partial charge in [-0.2, -0.15) is 5.10 Å². The quantitative estimate of drug-likeness (QED) is 0.600. The lowest BCUT2D eigenvalue weighted by Crippen LogP contribution is -2.10. The van der Waals surface area contributed by atoms with Crippen LogP contribution in [0, 0.1) is 0 Å². The number of anilines is 1. The van der Waals surface area contributed by atoms with Crippen LogP contribution >= 0.6 is 0 Å². The van der Waals surface area contributed by atoms with Gasteiger partial charge in [-0.1, -0.05) is 0 Å². The average molecular weight is 329 g/mol. The number of nitrogens with zero attached hydrogens (tertiary/aromatic N) is 1.